The van der Waals surface area contributed by atoms with Gasteiger partial charge in [-0.05, 0) is 77.0 Å². The Kier molecular flexibility index (Phi) is 7.14. The molecule has 0 bridgehead atoms. The number of nitrogens with two attached hydrogens (primary N) is 2. The van der Waals surface area contributed by atoms with E-state index in [0.29, 0.717) is 28.9 Å². The highest BCUT2D eigenvalue weighted by atomic mass is 19.3. The van der Waals surface area contributed by atoms with Gasteiger partial charge in [0, 0.05) is 23.2 Å². The number of carbonyl (C=O) groups is 2. The van der Waals surface area contributed by atoms with Gasteiger partial charge in [0.1, 0.15) is 5.69 Å². The van der Waals surface area contributed by atoms with Crippen molar-refractivity contribution in [2.75, 3.05) is 5.73 Å². The molecule has 1 aliphatic carbocycles. The van der Waals surface area contributed by atoms with Crippen LogP contribution in [0.1, 0.15) is 106 Å². The Morgan fingerprint density at radius 1 is 1.09 bits per heavy atom. The van der Waals surface area contributed by atoms with E-state index in [1.165, 1.54) is 42.1 Å². The molecule has 5 N–H and O–H groups in total. The molecule has 0 atom stereocenters. The van der Waals surface area contributed by atoms with Crippen molar-refractivity contribution < 1.29 is 18.4 Å². The average Bonchev–Trinajstić information content (AvgIpc) is 3.05. The Morgan fingerprint density at radius 3 is 2.14 bits per heavy atom. The first-order valence-corrected chi connectivity index (χ1v) is 11.9. The molecular formula is C26H37F2N5O2. The van der Waals surface area contributed by atoms with Crippen LogP contribution in [0.4, 0.5) is 14.5 Å². The second-order valence-electron chi connectivity index (χ2n) is 11.7. The van der Waals surface area contributed by atoms with Gasteiger partial charge in [0.05, 0.1) is 22.5 Å². The fourth-order valence-corrected chi connectivity index (χ4v) is 5.26. The van der Waals surface area contributed by atoms with Crippen LogP contribution in [0, 0.1) is 5.41 Å². The number of hydrogen-bond donors (Lipinski definition) is 3. The fourth-order valence-electron chi connectivity index (χ4n) is 5.26. The first kappa shape index (κ1) is 26.8. The van der Waals surface area contributed by atoms with Gasteiger partial charge < -0.3 is 16.8 Å². The molecule has 0 unspecified atom stereocenters. The quantitative estimate of drug-likeness (QED) is 0.527. The number of ketones is 1. The molecule has 0 radical (unpaired) electrons. The summed E-state index contributed by atoms with van der Waals surface area (Å²) in [4.78, 5) is 23.7. The molecule has 1 aliphatic heterocycles. The molecule has 1 amide bonds. The van der Waals surface area contributed by atoms with E-state index in [0.717, 1.165) is 0 Å². The van der Waals surface area contributed by atoms with Crippen molar-refractivity contribution in [3.8, 4) is 5.69 Å². The molecule has 9 heteroatoms. The number of benzene rings is 1. The van der Waals surface area contributed by atoms with Crippen LogP contribution in [0.2, 0.25) is 0 Å². The summed E-state index contributed by atoms with van der Waals surface area (Å²) in [6.45, 7) is 12.9. The molecule has 1 saturated heterocycles. The summed E-state index contributed by atoms with van der Waals surface area (Å²) in [5, 5.41) is 7.60. The number of fused-ring (bicyclic) bond motifs is 1. The van der Waals surface area contributed by atoms with E-state index >= 15 is 0 Å². The number of rotatable bonds is 3. The molecule has 35 heavy (non-hydrogen) atoms. The molecule has 1 fully saturated rings. The van der Waals surface area contributed by atoms with E-state index in [2.05, 4.69) is 38.1 Å². The first-order chi connectivity index (χ1) is 16.0. The minimum Gasteiger partial charge on any atom is -0.398 e. The summed E-state index contributed by atoms with van der Waals surface area (Å²) in [6, 6.07) is 4.37. The van der Waals surface area contributed by atoms with Crippen LogP contribution in [0.25, 0.3) is 5.69 Å². The van der Waals surface area contributed by atoms with E-state index in [-0.39, 0.29) is 34.4 Å². The summed E-state index contributed by atoms with van der Waals surface area (Å²) in [7, 11) is 0. The standard InChI is InChI=1S/C17H18F2N4O2.C9H19N/c1-17(2)6-11-13(12(24)7-17)14(15(18)19)22-23(11)8-3-4-9(16(21)25)10(20)5-8;1-8(2)6-5-7-9(3,4)10-8/h3-5,15H,6-7,20H2,1-2H3,(H2,21,25);10H,5-7H2,1-4H3. The minimum absolute atomic E-state index is 0.00752. The summed E-state index contributed by atoms with van der Waals surface area (Å²) < 4.78 is 28.1. The van der Waals surface area contributed by atoms with E-state index in [4.69, 9.17) is 11.5 Å². The number of aromatic nitrogens is 2. The number of halogens is 2. The van der Waals surface area contributed by atoms with Gasteiger partial charge in [-0.15, -0.1) is 0 Å². The SMILES string of the molecule is CC1(C)CC(=O)c2c(C(F)F)nn(-c3ccc(C(N)=O)c(N)c3)c2C1.CC1(C)CCCC(C)(C)N1. The molecule has 0 saturated carbocycles. The smallest absolute Gasteiger partial charge is 0.282 e. The third kappa shape index (κ3) is 6.07. The van der Waals surface area contributed by atoms with Gasteiger partial charge in [0.15, 0.2) is 5.78 Å². The number of nitrogens with zero attached hydrogens (tertiary/aromatic N) is 2. The maximum atomic E-state index is 13.4. The zero-order valence-electron chi connectivity index (χ0n) is 21.5. The Bertz CT molecular complexity index is 1120. The van der Waals surface area contributed by atoms with Crippen LogP contribution in [0.5, 0.6) is 0 Å². The lowest BCUT2D eigenvalue weighted by atomic mass is 9.75. The van der Waals surface area contributed by atoms with Crippen molar-refractivity contribution in [1.82, 2.24) is 15.1 Å². The van der Waals surface area contributed by atoms with Gasteiger partial charge in [-0.1, -0.05) is 13.8 Å². The molecule has 2 heterocycles. The number of nitrogen functional groups attached to an aromatic ring is 1. The first-order valence-electron chi connectivity index (χ1n) is 11.9. The van der Waals surface area contributed by atoms with Crippen LogP contribution in [0.15, 0.2) is 18.2 Å². The fraction of sp³-hybridized carbons (Fsp3) is 0.577. The summed E-state index contributed by atoms with van der Waals surface area (Å²) in [5.41, 5.74) is 12.0. The normalized spacial score (nSPS) is 20.1. The molecule has 7 nitrogen and oxygen atoms in total. The second-order valence-corrected chi connectivity index (χ2v) is 11.7. The highest BCUT2D eigenvalue weighted by molar-refractivity contribution is 6.00. The summed E-state index contributed by atoms with van der Waals surface area (Å²) in [6.07, 6.45) is 1.75. The monoisotopic (exact) mass is 489 g/mol. The predicted octanol–water partition coefficient (Wildman–Crippen LogP) is 4.96. The third-order valence-corrected chi connectivity index (χ3v) is 6.60. The second kappa shape index (κ2) is 9.33. The Balaban J connectivity index is 0.000000287. The molecule has 1 aromatic heterocycles. The van der Waals surface area contributed by atoms with Gasteiger partial charge in [-0.3, -0.25) is 9.59 Å². The summed E-state index contributed by atoms with van der Waals surface area (Å²) in [5.74, 6) is -1.02. The molecule has 1 aromatic carbocycles. The van der Waals surface area contributed by atoms with Crippen LogP contribution < -0.4 is 16.8 Å². The third-order valence-electron chi connectivity index (χ3n) is 6.60. The van der Waals surface area contributed by atoms with Gasteiger partial charge in [-0.2, -0.15) is 5.10 Å². The van der Waals surface area contributed by atoms with E-state index < -0.39 is 18.0 Å². The lowest BCUT2D eigenvalue weighted by molar-refractivity contribution is 0.0896. The van der Waals surface area contributed by atoms with Crippen LogP contribution >= 0.6 is 0 Å². The molecular weight excluding hydrogens is 452 g/mol. The largest absolute Gasteiger partial charge is 0.398 e. The van der Waals surface area contributed by atoms with Crippen molar-refractivity contribution >= 4 is 17.4 Å². The molecule has 2 aliphatic rings. The highest BCUT2D eigenvalue weighted by Crippen LogP contribution is 2.39. The lowest BCUT2D eigenvalue weighted by Gasteiger charge is -2.42. The van der Waals surface area contributed by atoms with Crippen molar-refractivity contribution in [2.45, 2.75) is 91.1 Å². The molecule has 2 aromatic rings. The number of carbonyl (C=O) groups excluding carboxylic acids is 2. The lowest BCUT2D eigenvalue weighted by Crippen LogP contribution is -2.55. The topological polar surface area (TPSA) is 116 Å². The van der Waals surface area contributed by atoms with Gasteiger partial charge in [-0.25, -0.2) is 13.5 Å². The Morgan fingerprint density at radius 2 is 1.69 bits per heavy atom. The van der Waals surface area contributed by atoms with E-state index in [1.807, 2.05) is 13.8 Å². The van der Waals surface area contributed by atoms with Gasteiger partial charge in [0.2, 0.25) is 0 Å². The van der Waals surface area contributed by atoms with Crippen LogP contribution in [0.3, 0.4) is 0 Å². The van der Waals surface area contributed by atoms with Crippen LogP contribution in [-0.2, 0) is 6.42 Å². The highest BCUT2D eigenvalue weighted by Gasteiger charge is 2.38. The summed E-state index contributed by atoms with van der Waals surface area (Å²) >= 11 is 0. The number of alkyl halides is 2. The molecule has 4 rings (SSSR count). The van der Waals surface area contributed by atoms with Gasteiger partial charge in [0.25, 0.3) is 12.3 Å². The van der Waals surface area contributed by atoms with E-state index in [1.54, 1.807) is 0 Å². The van der Waals surface area contributed by atoms with Crippen molar-refractivity contribution in [3.05, 3.63) is 40.7 Å². The molecule has 0 spiro atoms. The number of anilines is 1. The number of piperidine rings is 1. The average molecular weight is 490 g/mol. The Labute approximate surface area is 205 Å². The number of Topliss-reactive ketones (excluding diaryl/α,β-unsaturated/α-hetero) is 1. The van der Waals surface area contributed by atoms with Crippen molar-refractivity contribution in [3.63, 3.8) is 0 Å². The van der Waals surface area contributed by atoms with Crippen LogP contribution in [-0.4, -0.2) is 32.5 Å². The maximum Gasteiger partial charge on any atom is 0.282 e. The number of amides is 1. The zero-order chi connectivity index (χ0) is 26.3. The molecule has 192 valence electrons. The van der Waals surface area contributed by atoms with E-state index in [9.17, 15) is 18.4 Å². The Hall–Kier alpha value is -2.81. The number of primary amides is 1. The van der Waals surface area contributed by atoms with Crippen molar-refractivity contribution in [1.29, 1.82) is 0 Å². The number of nitrogens with one attached hydrogen (secondary N) is 1. The number of hydrogen-bond acceptors (Lipinski definition) is 5. The zero-order valence-corrected chi connectivity index (χ0v) is 21.5. The van der Waals surface area contributed by atoms with Crippen molar-refractivity contribution in [2.24, 2.45) is 11.1 Å². The predicted molar refractivity (Wildman–Crippen MR) is 133 cm³/mol. The van der Waals surface area contributed by atoms with Gasteiger partial charge >= 0.3 is 0 Å². The maximum absolute atomic E-state index is 13.4. The minimum atomic E-state index is -2.86.